The lowest BCUT2D eigenvalue weighted by atomic mass is 9.82. The number of aromatic nitrogens is 1. The Balaban J connectivity index is 2.30. The van der Waals surface area contributed by atoms with Gasteiger partial charge in [0.05, 0.1) is 21.8 Å². The van der Waals surface area contributed by atoms with Crippen LogP contribution in [0.25, 0.3) is 0 Å². The van der Waals surface area contributed by atoms with E-state index in [0.717, 1.165) is 12.3 Å². The Bertz CT molecular complexity index is 933. The second-order valence-electron chi connectivity index (χ2n) is 6.97. The SMILES string of the molecule is CCSC1(c2cc(C(F)(F)F)cnc2NC)C=C(C2(C#N)CC2)C=NC1C(N)=O. The first-order valence-corrected chi connectivity index (χ1v) is 9.98. The minimum Gasteiger partial charge on any atom is -0.373 e. The third kappa shape index (κ3) is 3.59. The average molecular weight is 423 g/mol. The number of allylic oxidation sites excluding steroid dienone is 1. The lowest BCUT2D eigenvalue weighted by Gasteiger charge is -2.38. The first-order valence-electron chi connectivity index (χ1n) is 9.00. The predicted octanol–water partition coefficient (Wildman–Crippen LogP) is 3.26. The summed E-state index contributed by atoms with van der Waals surface area (Å²) in [5.41, 5.74) is 4.71. The number of alkyl halides is 3. The summed E-state index contributed by atoms with van der Waals surface area (Å²) in [4.78, 5) is 20.5. The number of aliphatic imine (C=N–C) groups is 1. The minimum atomic E-state index is -4.61. The second-order valence-corrected chi connectivity index (χ2v) is 8.51. The molecule has 3 rings (SSSR count). The van der Waals surface area contributed by atoms with Crippen molar-refractivity contribution < 1.29 is 18.0 Å². The van der Waals surface area contributed by atoms with Crippen molar-refractivity contribution in [3.05, 3.63) is 35.0 Å². The molecule has 1 aromatic heterocycles. The molecule has 2 aliphatic rings. The summed E-state index contributed by atoms with van der Waals surface area (Å²) in [6.07, 6.45) is 0.554. The minimum absolute atomic E-state index is 0.161. The Morgan fingerprint density at radius 3 is 2.66 bits per heavy atom. The molecule has 0 saturated heterocycles. The van der Waals surface area contributed by atoms with E-state index in [4.69, 9.17) is 5.73 Å². The van der Waals surface area contributed by atoms with Crippen LogP contribution in [0.1, 0.15) is 30.9 Å². The van der Waals surface area contributed by atoms with E-state index < -0.39 is 33.9 Å². The van der Waals surface area contributed by atoms with Crippen molar-refractivity contribution >= 4 is 29.7 Å². The van der Waals surface area contributed by atoms with Crippen molar-refractivity contribution in [1.29, 1.82) is 5.26 Å². The van der Waals surface area contributed by atoms with Gasteiger partial charge in [0.1, 0.15) is 5.82 Å². The van der Waals surface area contributed by atoms with E-state index in [9.17, 15) is 23.2 Å². The molecule has 1 amide bonds. The van der Waals surface area contributed by atoms with E-state index in [1.165, 1.54) is 25.0 Å². The summed E-state index contributed by atoms with van der Waals surface area (Å²) in [6.45, 7) is 1.83. The first kappa shape index (κ1) is 21.2. The number of nitrogens with zero attached hydrogens (tertiary/aromatic N) is 3. The summed E-state index contributed by atoms with van der Waals surface area (Å²) < 4.78 is 38.9. The zero-order valence-corrected chi connectivity index (χ0v) is 16.7. The van der Waals surface area contributed by atoms with Crippen LogP contribution in [-0.2, 0) is 15.7 Å². The number of carbonyl (C=O) groups excluding carboxylic acids is 1. The van der Waals surface area contributed by atoms with Gasteiger partial charge >= 0.3 is 6.18 Å². The molecule has 1 saturated carbocycles. The molecule has 0 spiro atoms. The molecule has 1 aromatic rings. The number of primary amides is 1. The van der Waals surface area contributed by atoms with Crippen molar-refractivity contribution in [3.8, 4) is 6.07 Å². The number of hydrogen-bond acceptors (Lipinski definition) is 6. The van der Waals surface area contributed by atoms with E-state index in [1.807, 2.05) is 6.92 Å². The fraction of sp³-hybridized carbons (Fsp3) is 0.474. The molecule has 2 heterocycles. The average Bonchev–Trinajstić information content (AvgIpc) is 3.48. The number of pyridine rings is 1. The summed E-state index contributed by atoms with van der Waals surface area (Å²) in [7, 11) is 1.54. The van der Waals surface area contributed by atoms with Gasteiger partial charge in [-0.15, -0.1) is 11.8 Å². The Hall–Kier alpha value is -2.54. The number of carbonyl (C=O) groups is 1. The standard InChI is InChI=1S/C19H20F3N5OS/c1-3-29-18(13-6-11(19(20,21)22)8-27-16(13)25-2)7-12(17(10-23)4-5-17)9-26-14(18)15(24)28/h6-9,14H,3-5H2,1-2H3,(H2,24,28)(H,25,27). The number of nitriles is 1. The lowest BCUT2D eigenvalue weighted by molar-refractivity contribution is -0.137. The molecule has 0 bridgehead atoms. The monoisotopic (exact) mass is 423 g/mol. The number of dihydropyridines is 1. The summed E-state index contributed by atoms with van der Waals surface area (Å²) in [5.74, 6) is -0.0966. The number of nitrogens with two attached hydrogens (primary N) is 1. The van der Waals surface area contributed by atoms with E-state index >= 15 is 0 Å². The fourth-order valence-electron chi connectivity index (χ4n) is 3.53. The number of halogens is 3. The third-order valence-electron chi connectivity index (χ3n) is 5.18. The van der Waals surface area contributed by atoms with Crippen LogP contribution in [0.2, 0.25) is 0 Å². The van der Waals surface area contributed by atoms with Gasteiger partial charge in [-0.2, -0.15) is 18.4 Å². The van der Waals surface area contributed by atoms with Crippen LogP contribution in [0, 0.1) is 16.7 Å². The summed E-state index contributed by atoms with van der Waals surface area (Å²) in [5, 5.41) is 12.4. The fourth-order valence-corrected chi connectivity index (χ4v) is 4.86. The quantitative estimate of drug-likeness (QED) is 0.731. The van der Waals surface area contributed by atoms with Crippen molar-refractivity contribution in [3.63, 3.8) is 0 Å². The molecule has 29 heavy (non-hydrogen) atoms. The molecule has 3 N–H and O–H groups in total. The number of anilines is 1. The largest absolute Gasteiger partial charge is 0.417 e. The summed E-state index contributed by atoms with van der Waals surface area (Å²) >= 11 is 1.25. The molecule has 0 aromatic carbocycles. The van der Waals surface area contributed by atoms with Crippen molar-refractivity contribution in [2.24, 2.45) is 16.1 Å². The normalized spacial score (nSPS) is 25.1. The maximum absolute atomic E-state index is 13.4. The Kier molecular flexibility index (Phi) is 5.38. The Labute approximate surface area is 170 Å². The Morgan fingerprint density at radius 1 is 1.48 bits per heavy atom. The van der Waals surface area contributed by atoms with Gasteiger partial charge in [0.25, 0.3) is 0 Å². The van der Waals surface area contributed by atoms with Crippen LogP contribution in [0.5, 0.6) is 0 Å². The highest BCUT2D eigenvalue weighted by Gasteiger charge is 2.53. The number of thioether (sulfide) groups is 1. The highest BCUT2D eigenvalue weighted by atomic mass is 32.2. The number of nitrogens with one attached hydrogen (secondary N) is 1. The van der Waals surface area contributed by atoms with Crippen molar-refractivity contribution in [1.82, 2.24) is 4.98 Å². The maximum Gasteiger partial charge on any atom is 0.417 e. The molecular formula is C19H20F3N5OS. The maximum atomic E-state index is 13.4. The van der Waals surface area contributed by atoms with Gasteiger partial charge in [-0.3, -0.25) is 9.79 Å². The van der Waals surface area contributed by atoms with Gasteiger partial charge in [0.15, 0.2) is 6.04 Å². The van der Waals surface area contributed by atoms with E-state index in [1.54, 1.807) is 6.08 Å². The van der Waals surface area contributed by atoms with Crippen LogP contribution >= 0.6 is 11.8 Å². The zero-order chi connectivity index (χ0) is 21.4. The smallest absolute Gasteiger partial charge is 0.373 e. The number of hydrogen-bond donors (Lipinski definition) is 2. The van der Waals surface area contributed by atoms with Crippen LogP contribution in [-0.4, -0.2) is 35.9 Å². The number of amides is 1. The van der Waals surface area contributed by atoms with Gasteiger partial charge in [0.2, 0.25) is 5.91 Å². The molecule has 6 nitrogen and oxygen atoms in total. The van der Waals surface area contributed by atoms with Crippen LogP contribution in [0.15, 0.2) is 28.9 Å². The molecule has 2 unspecified atom stereocenters. The number of rotatable bonds is 6. The molecule has 0 radical (unpaired) electrons. The molecule has 1 fully saturated rings. The second kappa shape index (κ2) is 7.37. The Morgan fingerprint density at radius 2 is 2.17 bits per heavy atom. The molecule has 1 aliphatic heterocycles. The van der Waals surface area contributed by atoms with Gasteiger partial charge < -0.3 is 11.1 Å². The zero-order valence-electron chi connectivity index (χ0n) is 15.9. The highest BCUT2D eigenvalue weighted by molar-refractivity contribution is 8.00. The van der Waals surface area contributed by atoms with E-state index in [2.05, 4.69) is 21.4 Å². The first-order chi connectivity index (χ1) is 13.6. The third-order valence-corrected chi connectivity index (χ3v) is 6.51. The predicted molar refractivity (Wildman–Crippen MR) is 105 cm³/mol. The van der Waals surface area contributed by atoms with Gasteiger partial charge in [-0.05, 0) is 30.2 Å². The molecular weight excluding hydrogens is 403 g/mol. The van der Waals surface area contributed by atoms with Crippen LogP contribution in [0.4, 0.5) is 19.0 Å². The van der Waals surface area contributed by atoms with Crippen LogP contribution < -0.4 is 11.1 Å². The van der Waals surface area contributed by atoms with Crippen LogP contribution in [0.3, 0.4) is 0 Å². The molecule has 154 valence electrons. The van der Waals surface area contributed by atoms with E-state index in [-0.39, 0.29) is 11.4 Å². The summed E-state index contributed by atoms with van der Waals surface area (Å²) in [6, 6.07) is 2.11. The van der Waals surface area contributed by atoms with Gasteiger partial charge in [0, 0.05) is 25.0 Å². The van der Waals surface area contributed by atoms with Gasteiger partial charge in [-0.1, -0.05) is 13.0 Å². The van der Waals surface area contributed by atoms with Gasteiger partial charge in [-0.25, -0.2) is 4.98 Å². The lowest BCUT2D eigenvalue weighted by Crippen LogP contribution is -2.46. The molecule has 10 heteroatoms. The topological polar surface area (TPSA) is 104 Å². The van der Waals surface area contributed by atoms with E-state index in [0.29, 0.717) is 24.2 Å². The molecule has 2 atom stereocenters. The van der Waals surface area contributed by atoms with Crippen molar-refractivity contribution in [2.75, 3.05) is 18.1 Å². The highest BCUT2D eigenvalue weighted by Crippen LogP contribution is 2.56. The molecule has 1 aliphatic carbocycles. The van der Waals surface area contributed by atoms with Crippen molar-refractivity contribution in [2.45, 2.75) is 36.7 Å².